The van der Waals surface area contributed by atoms with E-state index in [1.807, 2.05) is 30.3 Å². The van der Waals surface area contributed by atoms with Crippen LogP contribution in [0.15, 0.2) is 54.6 Å². The van der Waals surface area contributed by atoms with E-state index in [0.717, 1.165) is 24.1 Å². The Kier molecular flexibility index (Phi) is 4.45. The van der Waals surface area contributed by atoms with Crippen molar-refractivity contribution in [3.8, 4) is 0 Å². The minimum absolute atomic E-state index is 0.252. The minimum Gasteiger partial charge on any atom is -0.324 e. The Morgan fingerprint density at radius 2 is 1.50 bits per heavy atom. The molecule has 0 amide bonds. The topological polar surface area (TPSA) is 26.0 Å². The van der Waals surface area contributed by atoms with Gasteiger partial charge in [0, 0.05) is 6.04 Å². The van der Waals surface area contributed by atoms with Crippen molar-refractivity contribution >= 4 is 0 Å². The van der Waals surface area contributed by atoms with Crippen LogP contribution in [0.4, 0.5) is 13.2 Å². The van der Waals surface area contributed by atoms with E-state index in [2.05, 4.69) is 0 Å². The van der Waals surface area contributed by atoms with Crippen LogP contribution in [0.3, 0.4) is 0 Å². The molecular formula is C16H16F3N. The molecule has 0 aliphatic carbocycles. The van der Waals surface area contributed by atoms with E-state index in [-0.39, 0.29) is 6.04 Å². The summed E-state index contributed by atoms with van der Waals surface area (Å²) < 4.78 is 37.4. The van der Waals surface area contributed by atoms with Gasteiger partial charge in [0.05, 0.1) is 5.56 Å². The first-order valence-corrected chi connectivity index (χ1v) is 6.43. The summed E-state index contributed by atoms with van der Waals surface area (Å²) >= 11 is 0. The second-order valence-corrected chi connectivity index (χ2v) is 4.75. The molecule has 2 aromatic rings. The van der Waals surface area contributed by atoms with Crippen molar-refractivity contribution < 1.29 is 13.2 Å². The molecule has 0 radical (unpaired) electrons. The molecule has 2 aromatic carbocycles. The molecular weight excluding hydrogens is 263 g/mol. The first kappa shape index (κ1) is 14.6. The second-order valence-electron chi connectivity index (χ2n) is 4.75. The molecule has 0 heterocycles. The summed E-state index contributed by atoms with van der Waals surface area (Å²) in [5, 5.41) is 0. The van der Waals surface area contributed by atoms with Gasteiger partial charge in [-0.15, -0.1) is 0 Å². The SMILES string of the molecule is N[C@@H](CCc1ccccc1)c1ccc(C(F)(F)F)cc1. The zero-order valence-corrected chi connectivity index (χ0v) is 10.9. The molecule has 0 saturated heterocycles. The molecule has 106 valence electrons. The summed E-state index contributed by atoms with van der Waals surface area (Å²) in [6.45, 7) is 0. The first-order valence-electron chi connectivity index (χ1n) is 6.43. The molecule has 4 heteroatoms. The van der Waals surface area contributed by atoms with Gasteiger partial charge in [0.25, 0.3) is 0 Å². The smallest absolute Gasteiger partial charge is 0.324 e. The Bertz CT molecular complexity index is 532. The normalized spacial score (nSPS) is 13.2. The monoisotopic (exact) mass is 279 g/mol. The maximum atomic E-state index is 12.5. The van der Waals surface area contributed by atoms with E-state index < -0.39 is 11.7 Å². The molecule has 0 unspecified atom stereocenters. The lowest BCUT2D eigenvalue weighted by molar-refractivity contribution is -0.137. The Balaban J connectivity index is 1.97. The highest BCUT2D eigenvalue weighted by Gasteiger charge is 2.30. The fraction of sp³-hybridized carbons (Fsp3) is 0.250. The lowest BCUT2D eigenvalue weighted by Crippen LogP contribution is -2.12. The Morgan fingerprint density at radius 3 is 2.05 bits per heavy atom. The molecule has 1 atom stereocenters. The maximum absolute atomic E-state index is 12.5. The molecule has 2 N–H and O–H groups in total. The van der Waals surface area contributed by atoms with E-state index in [4.69, 9.17) is 5.73 Å². The van der Waals surface area contributed by atoms with E-state index in [0.29, 0.717) is 6.42 Å². The summed E-state index contributed by atoms with van der Waals surface area (Å²) in [6, 6.07) is 14.7. The molecule has 0 aromatic heterocycles. The van der Waals surface area contributed by atoms with Crippen molar-refractivity contribution in [2.24, 2.45) is 5.73 Å². The predicted octanol–water partition coefficient (Wildman–Crippen LogP) is 4.34. The summed E-state index contributed by atoms with van der Waals surface area (Å²) in [6.07, 6.45) is -2.79. The number of halogens is 3. The molecule has 20 heavy (non-hydrogen) atoms. The number of rotatable bonds is 4. The average Bonchev–Trinajstić information content (AvgIpc) is 2.45. The number of hydrogen-bond donors (Lipinski definition) is 1. The van der Waals surface area contributed by atoms with Crippen molar-refractivity contribution in [2.75, 3.05) is 0 Å². The quantitative estimate of drug-likeness (QED) is 0.885. The molecule has 0 spiro atoms. The lowest BCUT2D eigenvalue weighted by atomic mass is 9.99. The van der Waals surface area contributed by atoms with Crippen molar-refractivity contribution in [1.29, 1.82) is 0 Å². The number of benzene rings is 2. The van der Waals surface area contributed by atoms with Crippen LogP contribution in [0.1, 0.15) is 29.2 Å². The van der Waals surface area contributed by atoms with Crippen molar-refractivity contribution in [2.45, 2.75) is 25.1 Å². The molecule has 0 aliphatic heterocycles. The molecule has 0 fully saturated rings. The highest BCUT2D eigenvalue weighted by atomic mass is 19.4. The van der Waals surface area contributed by atoms with Gasteiger partial charge in [-0.3, -0.25) is 0 Å². The third-order valence-corrected chi connectivity index (χ3v) is 3.25. The molecule has 0 aliphatic rings. The lowest BCUT2D eigenvalue weighted by Gasteiger charge is -2.13. The highest BCUT2D eigenvalue weighted by molar-refractivity contribution is 5.27. The Hall–Kier alpha value is -1.81. The van der Waals surface area contributed by atoms with Gasteiger partial charge < -0.3 is 5.73 Å². The van der Waals surface area contributed by atoms with Gasteiger partial charge in [-0.1, -0.05) is 42.5 Å². The highest BCUT2D eigenvalue weighted by Crippen LogP contribution is 2.30. The fourth-order valence-corrected chi connectivity index (χ4v) is 2.05. The van der Waals surface area contributed by atoms with Gasteiger partial charge in [-0.25, -0.2) is 0 Å². The Labute approximate surface area is 116 Å². The van der Waals surface area contributed by atoms with Crippen LogP contribution in [0, 0.1) is 0 Å². The maximum Gasteiger partial charge on any atom is 0.416 e. The van der Waals surface area contributed by atoms with E-state index in [1.54, 1.807) is 0 Å². The third kappa shape index (κ3) is 3.84. The van der Waals surface area contributed by atoms with Gasteiger partial charge >= 0.3 is 6.18 Å². The number of aryl methyl sites for hydroxylation is 1. The van der Waals surface area contributed by atoms with E-state index in [9.17, 15) is 13.2 Å². The summed E-state index contributed by atoms with van der Waals surface area (Å²) in [7, 11) is 0. The van der Waals surface area contributed by atoms with Crippen LogP contribution < -0.4 is 5.73 Å². The summed E-state index contributed by atoms with van der Waals surface area (Å²) in [4.78, 5) is 0. The third-order valence-electron chi connectivity index (χ3n) is 3.25. The molecule has 0 saturated carbocycles. The van der Waals surface area contributed by atoms with Crippen molar-refractivity contribution in [3.63, 3.8) is 0 Å². The minimum atomic E-state index is -4.30. The number of nitrogens with two attached hydrogens (primary N) is 1. The average molecular weight is 279 g/mol. The zero-order chi connectivity index (χ0) is 14.6. The van der Waals surface area contributed by atoms with Crippen molar-refractivity contribution in [1.82, 2.24) is 0 Å². The van der Waals surface area contributed by atoms with Crippen molar-refractivity contribution in [3.05, 3.63) is 71.3 Å². The van der Waals surface area contributed by atoms with Crippen LogP contribution in [0.5, 0.6) is 0 Å². The largest absolute Gasteiger partial charge is 0.416 e. The zero-order valence-electron chi connectivity index (χ0n) is 10.9. The molecule has 0 bridgehead atoms. The molecule has 2 rings (SSSR count). The van der Waals surface area contributed by atoms with Crippen LogP contribution in [-0.2, 0) is 12.6 Å². The molecule has 1 nitrogen and oxygen atoms in total. The van der Waals surface area contributed by atoms with Gasteiger partial charge in [0.15, 0.2) is 0 Å². The van der Waals surface area contributed by atoms with Gasteiger partial charge in [0.1, 0.15) is 0 Å². The predicted molar refractivity (Wildman–Crippen MR) is 73.1 cm³/mol. The van der Waals surface area contributed by atoms with Gasteiger partial charge in [0.2, 0.25) is 0 Å². The number of hydrogen-bond acceptors (Lipinski definition) is 1. The van der Waals surface area contributed by atoms with Crippen LogP contribution in [0.2, 0.25) is 0 Å². The van der Waals surface area contributed by atoms with Crippen LogP contribution in [0.25, 0.3) is 0 Å². The first-order chi connectivity index (χ1) is 9.47. The van der Waals surface area contributed by atoms with E-state index >= 15 is 0 Å². The van der Waals surface area contributed by atoms with Crippen LogP contribution >= 0.6 is 0 Å². The standard InChI is InChI=1S/C16H16F3N/c17-16(18,19)14-9-7-13(8-10-14)15(20)11-6-12-4-2-1-3-5-12/h1-5,7-10,15H,6,11,20H2/t15-/m0/s1. The van der Waals surface area contributed by atoms with Gasteiger partial charge in [-0.05, 0) is 36.1 Å². The van der Waals surface area contributed by atoms with Gasteiger partial charge in [-0.2, -0.15) is 13.2 Å². The second kappa shape index (κ2) is 6.09. The van der Waals surface area contributed by atoms with E-state index in [1.165, 1.54) is 17.7 Å². The summed E-state index contributed by atoms with van der Waals surface area (Å²) in [5.74, 6) is 0. The van der Waals surface area contributed by atoms with Crippen LogP contribution in [-0.4, -0.2) is 0 Å². The summed E-state index contributed by atoms with van der Waals surface area (Å²) in [5.41, 5.74) is 7.28. The Morgan fingerprint density at radius 1 is 0.900 bits per heavy atom. The number of alkyl halides is 3. The fourth-order valence-electron chi connectivity index (χ4n) is 2.05.